The summed E-state index contributed by atoms with van der Waals surface area (Å²) >= 11 is 0. The second-order valence-corrected chi connectivity index (χ2v) is 7.86. The van der Waals surface area contributed by atoms with Gasteiger partial charge in [-0.25, -0.2) is 0 Å². The van der Waals surface area contributed by atoms with Gasteiger partial charge in [-0.05, 0) is 63.7 Å². The summed E-state index contributed by atoms with van der Waals surface area (Å²) in [7, 11) is 0. The monoisotopic (exact) mass is 295 g/mol. The Morgan fingerprint density at radius 3 is 1.71 bits per heavy atom. The lowest BCUT2D eigenvalue weighted by molar-refractivity contribution is 0.125. The minimum Gasteiger partial charge on any atom is -0.312 e. The lowest BCUT2D eigenvalue weighted by atomic mass is 9.87. The first kappa shape index (κ1) is 17.2. The third-order valence-electron chi connectivity index (χ3n) is 5.46. The predicted molar refractivity (Wildman–Crippen MR) is 91.7 cm³/mol. The van der Waals surface area contributed by atoms with Crippen molar-refractivity contribution in [2.24, 2.45) is 11.8 Å². The van der Waals surface area contributed by atoms with Crippen molar-refractivity contribution in [2.45, 2.75) is 65.5 Å². The Labute approximate surface area is 132 Å². The second-order valence-electron chi connectivity index (χ2n) is 7.86. The molecule has 0 bridgehead atoms. The van der Waals surface area contributed by atoms with Crippen LogP contribution in [0.25, 0.3) is 0 Å². The van der Waals surface area contributed by atoms with Crippen molar-refractivity contribution in [1.82, 2.24) is 15.1 Å². The third-order valence-corrected chi connectivity index (χ3v) is 5.46. The molecule has 0 saturated carbocycles. The van der Waals surface area contributed by atoms with Crippen LogP contribution in [-0.4, -0.2) is 61.2 Å². The van der Waals surface area contributed by atoms with Crippen LogP contribution < -0.4 is 5.32 Å². The highest BCUT2D eigenvalue weighted by Gasteiger charge is 2.23. The summed E-state index contributed by atoms with van der Waals surface area (Å²) in [5.41, 5.74) is 0. The smallest absolute Gasteiger partial charge is 0.0109 e. The van der Waals surface area contributed by atoms with Gasteiger partial charge in [-0.1, -0.05) is 27.7 Å². The molecule has 2 saturated heterocycles. The average Bonchev–Trinajstić information content (AvgIpc) is 2.46. The molecule has 2 aliphatic rings. The molecule has 2 aliphatic heterocycles. The average molecular weight is 296 g/mol. The number of hydrogen-bond donors (Lipinski definition) is 1. The van der Waals surface area contributed by atoms with Gasteiger partial charge in [0.05, 0.1) is 0 Å². The molecule has 2 rings (SSSR count). The molecule has 0 unspecified atom stereocenters. The van der Waals surface area contributed by atoms with Crippen LogP contribution in [0.3, 0.4) is 0 Å². The third kappa shape index (κ3) is 5.88. The maximum Gasteiger partial charge on any atom is 0.0109 e. The van der Waals surface area contributed by atoms with E-state index in [1.807, 2.05) is 0 Å². The van der Waals surface area contributed by atoms with E-state index in [-0.39, 0.29) is 0 Å². The van der Waals surface area contributed by atoms with Gasteiger partial charge >= 0.3 is 0 Å². The minimum absolute atomic E-state index is 0.629. The van der Waals surface area contributed by atoms with Gasteiger partial charge < -0.3 is 15.1 Å². The Hall–Kier alpha value is -0.120. The lowest BCUT2D eigenvalue weighted by Gasteiger charge is -2.37. The molecule has 0 radical (unpaired) electrons. The van der Waals surface area contributed by atoms with Crippen LogP contribution in [0.2, 0.25) is 0 Å². The molecule has 2 fully saturated rings. The Morgan fingerprint density at radius 2 is 1.29 bits per heavy atom. The zero-order chi connectivity index (χ0) is 15.2. The number of nitrogens with one attached hydrogen (secondary N) is 1. The minimum atomic E-state index is 0.629. The van der Waals surface area contributed by atoms with E-state index < -0.39 is 0 Å². The summed E-state index contributed by atoms with van der Waals surface area (Å²) in [5.74, 6) is 1.85. The van der Waals surface area contributed by atoms with E-state index >= 15 is 0 Å². The van der Waals surface area contributed by atoms with E-state index in [9.17, 15) is 0 Å². The van der Waals surface area contributed by atoms with Gasteiger partial charge in [-0.3, -0.25) is 0 Å². The highest BCUT2D eigenvalue weighted by molar-refractivity contribution is 4.80. The normalized spacial score (nSPS) is 24.3. The first-order valence-corrected chi connectivity index (χ1v) is 9.25. The van der Waals surface area contributed by atoms with Crippen molar-refractivity contribution in [2.75, 3.05) is 39.3 Å². The van der Waals surface area contributed by atoms with Gasteiger partial charge in [-0.15, -0.1) is 0 Å². The summed E-state index contributed by atoms with van der Waals surface area (Å²) < 4.78 is 0. The molecule has 1 N–H and O–H groups in total. The van der Waals surface area contributed by atoms with Crippen molar-refractivity contribution in [3.8, 4) is 0 Å². The largest absolute Gasteiger partial charge is 0.312 e. The van der Waals surface area contributed by atoms with Gasteiger partial charge in [0.25, 0.3) is 0 Å². The van der Waals surface area contributed by atoms with Crippen LogP contribution in [0.15, 0.2) is 0 Å². The fourth-order valence-corrected chi connectivity index (χ4v) is 3.92. The van der Waals surface area contributed by atoms with Crippen molar-refractivity contribution in [3.05, 3.63) is 0 Å². The van der Waals surface area contributed by atoms with E-state index in [0.29, 0.717) is 6.04 Å². The number of nitrogens with zero attached hydrogens (tertiary/aromatic N) is 2. The molecule has 0 amide bonds. The van der Waals surface area contributed by atoms with Gasteiger partial charge in [0.2, 0.25) is 0 Å². The Kier molecular flexibility index (Phi) is 6.97. The second kappa shape index (κ2) is 8.50. The van der Waals surface area contributed by atoms with E-state index in [0.717, 1.165) is 17.9 Å². The van der Waals surface area contributed by atoms with Crippen molar-refractivity contribution in [3.63, 3.8) is 0 Å². The first-order chi connectivity index (χ1) is 10.0. The number of rotatable bonds is 6. The highest BCUT2D eigenvalue weighted by atomic mass is 15.2. The SMILES string of the molecule is CC(C)NC1CCN(CCN2CCC(C(C)C)CC2)CC1. The van der Waals surface area contributed by atoms with Crippen LogP contribution in [0.4, 0.5) is 0 Å². The standard InChI is InChI=1S/C18H37N3/c1-15(2)17-5-9-20(10-6-17)13-14-21-11-7-18(8-12-21)19-16(3)4/h15-19H,5-14H2,1-4H3. The first-order valence-electron chi connectivity index (χ1n) is 9.25. The molecule has 3 heteroatoms. The number of hydrogen-bond acceptors (Lipinski definition) is 3. The molecule has 0 aliphatic carbocycles. The molecule has 0 spiro atoms. The fourth-order valence-electron chi connectivity index (χ4n) is 3.92. The summed E-state index contributed by atoms with van der Waals surface area (Å²) in [6.45, 7) is 17.1. The Morgan fingerprint density at radius 1 is 0.810 bits per heavy atom. The number of piperidine rings is 2. The molecule has 3 nitrogen and oxygen atoms in total. The molecule has 0 aromatic heterocycles. The molecular formula is C18H37N3. The maximum atomic E-state index is 3.69. The molecule has 0 aromatic carbocycles. The molecule has 0 aromatic rings. The molecule has 124 valence electrons. The van der Waals surface area contributed by atoms with Gasteiger partial charge in [0.1, 0.15) is 0 Å². The topological polar surface area (TPSA) is 18.5 Å². The summed E-state index contributed by atoms with van der Waals surface area (Å²) in [4.78, 5) is 5.37. The van der Waals surface area contributed by atoms with E-state index in [2.05, 4.69) is 42.8 Å². The van der Waals surface area contributed by atoms with E-state index in [4.69, 9.17) is 0 Å². The van der Waals surface area contributed by atoms with Gasteiger partial charge in [0, 0.05) is 25.2 Å². The van der Waals surface area contributed by atoms with Crippen molar-refractivity contribution < 1.29 is 0 Å². The van der Waals surface area contributed by atoms with Gasteiger partial charge in [0.15, 0.2) is 0 Å². The van der Waals surface area contributed by atoms with E-state index in [1.165, 1.54) is 65.0 Å². The van der Waals surface area contributed by atoms with Crippen molar-refractivity contribution in [1.29, 1.82) is 0 Å². The van der Waals surface area contributed by atoms with Crippen LogP contribution in [0.1, 0.15) is 53.4 Å². The van der Waals surface area contributed by atoms with Crippen LogP contribution in [0, 0.1) is 11.8 Å². The molecule has 21 heavy (non-hydrogen) atoms. The lowest BCUT2D eigenvalue weighted by Crippen LogP contribution is -2.47. The van der Waals surface area contributed by atoms with Crippen LogP contribution in [-0.2, 0) is 0 Å². The predicted octanol–water partition coefficient (Wildman–Crippen LogP) is 2.82. The summed E-state index contributed by atoms with van der Waals surface area (Å²) in [5, 5.41) is 3.69. The summed E-state index contributed by atoms with van der Waals surface area (Å²) in [6, 6.07) is 1.38. The molecule has 2 heterocycles. The zero-order valence-corrected chi connectivity index (χ0v) is 14.8. The quantitative estimate of drug-likeness (QED) is 0.813. The molecular weight excluding hydrogens is 258 g/mol. The Bertz CT molecular complexity index is 274. The van der Waals surface area contributed by atoms with Crippen LogP contribution >= 0.6 is 0 Å². The Balaban J connectivity index is 1.58. The van der Waals surface area contributed by atoms with Gasteiger partial charge in [-0.2, -0.15) is 0 Å². The van der Waals surface area contributed by atoms with Crippen molar-refractivity contribution >= 4 is 0 Å². The summed E-state index contributed by atoms with van der Waals surface area (Å²) in [6.07, 6.45) is 5.48. The molecule has 0 atom stereocenters. The number of likely N-dealkylation sites (tertiary alicyclic amines) is 2. The van der Waals surface area contributed by atoms with Crippen LogP contribution in [0.5, 0.6) is 0 Å². The zero-order valence-electron chi connectivity index (χ0n) is 14.8. The fraction of sp³-hybridized carbons (Fsp3) is 1.00. The van der Waals surface area contributed by atoms with E-state index in [1.54, 1.807) is 0 Å². The highest BCUT2D eigenvalue weighted by Crippen LogP contribution is 2.24. The maximum absolute atomic E-state index is 3.69.